The zero-order valence-electron chi connectivity index (χ0n) is 14.5. The molecule has 3 heterocycles. The second-order valence-electron chi connectivity index (χ2n) is 5.94. The molecule has 3 aromatic heterocycles. The van der Waals surface area contributed by atoms with E-state index in [2.05, 4.69) is 25.8 Å². The molecule has 130 valence electrons. The Kier molecular flexibility index (Phi) is 3.72. The number of amides is 1. The summed E-state index contributed by atoms with van der Waals surface area (Å²) in [6.07, 6.45) is 1.73. The predicted octanol–water partition coefficient (Wildman–Crippen LogP) is 2.98. The molecule has 0 aliphatic rings. The minimum absolute atomic E-state index is 0.234. The van der Waals surface area contributed by atoms with Gasteiger partial charge in [-0.05, 0) is 32.9 Å². The van der Waals surface area contributed by atoms with Crippen molar-refractivity contribution in [1.82, 2.24) is 25.1 Å². The molecule has 0 aliphatic carbocycles. The van der Waals surface area contributed by atoms with Crippen molar-refractivity contribution < 1.29 is 9.32 Å². The van der Waals surface area contributed by atoms with Gasteiger partial charge in [-0.1, -0.05) is 28.6 Å². The minimum Gasteiger partial charge on any atom is -0.359 e. The lowest BCUT2D eigenvalue weighted by Crippen LogP contribution is -2.15. The molecule has 0 saturated carbocycles. The molecule has 0 bridgehead atoms. The number of benzene rings is 1. The maximum atomic E-state index is 12.6. The van der Waals surface area contributed by atoms with Crippen LogP contribution in [0.15, 0.2) is 41.1 Å². The highest BCUT2D eigenvalue weighted by Crippen LogP contribution is 2.23. The number of rotatable bonds is 3. The van der Waals surface area contributed by atoms with E-state index < -0.39 is 0 Å². The molecule has 26 heavy (non-hydrogen) atoms. The Morgan fingerprint density at radius 1 is 1.15 bits per heavy atom. The van der Waals surface area contributed by atoms with Crippen LogP contribution in [0.2, 0.25) is 0 Å². The van der Waals surface area contributed by atoms with Gasteiger partial charge in [-0.2, -0.15) is 0 Å². The van der Waals surface area contributed by atoms with Crippen LogP contribution in [0.3, 0.4) is 0 Å². The van der Waals surface area contributed by atoms with Crippen LogP contribution in [0.1, 0.15) is 27.6 Å². The van der Waals surface area contributed by atoms with Crippen molar-refractivity contribution in [2.75, 3.05) is 5.32 Å². The van der Waals surface area contributed by atoms with E-state index in [9.17, 15) is 4.79 Å². The maximum absolute atomic E-state index is 12.6. The number of hydrogen-bond acceptors (Lipinski definition) is 6. The zero-order chi connectivity index (χ0) is 18.3. The van der Waals surface area contributed by atoms with Crippen molar-refractivity contribution in [3.8, 4) is 5.69 Å². The first-order chi connectivity index (χ1) is 12.6. The number of fused-ring (bicyclic) bond motifs is 1. The van der Waals surface area contributed by atoms with Crippen molar-refractivity contribution in [3.05, 3.63) is 59.4 Å². The van der Waals surface area contributed by atoms with Crippen LogP contribution in [-0.2, 0) is 0 Å². The zero-order valence-corrected chi connectivity index (χ0v) is 14.5. The fourth-order valence-electron chi connectivity index (χ4n) is 2.86. The topological polar surface area (TPSA) is 98.7 Å². The van der Waals surface area contributed by atoms with E-state index in [0.717, 1.165) is 16.6 Å². The Bertz CT molecular complexity index is 1100. The number of anilines is 1. The van der Waals surface area contributed by atoms with E-state index in [1.165, 1.54) is 0 Å². The van der Waals surface area contributed by atoms with Crippen LogP contribution in [0.4, 0.5) is 5.69 Å². The number of carbonyl (C=O) groups excluding carboxylic acids is 1. The molecule has 4 rings (SSSR count). The molecule has 1 aromatic carbocycles. The first-order valence-corrected chi connectivity index (χ1v) is 8.07. The van der Waals surface area contributed by atoms with Crippen LogP contribution in [0, 0.1) is 20.8 Å². The summed E-state index contributed by atoms with van der Waals surface area (Å²) in [5.41, 5.74) is 3.57. The average Bonchev–Trinajstić information content (AvgIpc) is 3.18. The lowest BCUT2D eigenvalue weighted by Gasteiger charge is -2.07. The smallest absolute Gasteiger partial charge is 0.278 e. The molecule has 0 saturated heterocycles. The molecular weight excluding hydrogens is 332 g/mol. The average molecular weight is 348 g/mol. The number of carbonyl (C=O) groups is 1. The van der Waals surface area contributed by atoms with Gasteiger partial charge in [0.1, 0.15) is 11.4 Å². The second-order valence-corrected chi connectivity index (χ2v) is 5.94. The Hall–Kier alpha value is -3.55. The minimum atomic E-state index is -0.364. The number of para-hydroxylation sites is 1. The van der Waals surface area contributed by atoms with Crippen molar-refractivity contribution >= 4 is 22.5 Å². The van der Waals surface area contributed by atoms with Crippen LogP contribution >= 0.6 is 0 Å². The summed E-state index contributed by atoms with van der Waals surface area (Å²) in [6.45, 7) is 5.29. The molecular formula is C18H16N6O2. The number of hydrogen-bond donors (Lipinski definition) is 1. The molecule has 8 heteroatoms. The first-order valence-electron chi connectivity index (χ1n) is 8.07. The summed E-state index contributed by atoms with van der Waals surface area (Å²) in [5.74, 6) is 0.176. The molecule has 0 fully saturated rings. The third kappa shape index (κ3) is 2.52. The Balaban J connectivity index is 1.73. The largest absolute Gasteiger partial charge is 0.359 e. The summed E-state index contributed by atoms with van der Waals surface area (Å²) in [6, 6.07) is 9.65. The third-order valence-electron chi connectivity index (χ3n) is 4.22. The summed E-state index contributed by atoms with van der Waals surface area (Å²) in [7, 11) is 0. The Labute approximate surface area is 148 Å². The van der Waals surface area contributed by atoms with Gasteiger partial charge in [0, 0.05) is 11.6 Å². The van der Waals surface area contributed by atoms with Gasteiger partial charge in [-0.25, -0.2) is 4.68 Å². The first kappa shape index (κ1) is 15.9. The number of aryl methyl sites for hydroxylation is 2. The van der Waals surface area contributed by atoms with Gasteiger partial charge in [0.05, 0.1) is 16.9 Å². The maximum Gasteiger partial charge on any atom is 0.278 e. The lowest BCUT2D eigenvalue weighted by molar-refractivity contribution is 0.102. The van der Waals surface area contributed by atoms with Crippen LogP contribution in [-0.4, -0.2) is 31.0 Å². The monoisotopic (exact) mass is 348 g/mol. The van der Waals surface area contributed by atoms with Gasteiger partial charge in [0.25, 0.3) is 5.91 Å². The third-order valence-corrected chi connectivity index (χ3v) is 4.22. The lowest BCUT2D eigenvalue weighted by atomic mass is 10.2. The molecule has 0 unspecified atom stereocenters. The van der Waals surface area contributed by atoms with Crippen LogP contribution in [0.25, 0.3) is 16.6 Å². The Morgan fingerprint density at radius 2 is 1.96 bits per heavy atom. The highest BCUT2D eigenvalue weighted by Gasteiger charge is 2.21. The quantitative estimate of drug-likeness (QED) is 0.611. The molecule has 0 aliphatic heterocycles. The fraction of sp³-hybridized carbons (Fsp3) is 0.167. The molecule has 0 atom stereocenters. The molecule has 0 radical (unpaired) electrons. The van der Waals surface area contributed by atoms with E-state index in [1.807, 2.05) is 30.3 Å². The number of nitrogens with one attached hydrogen (secondary N) is 1. The summed E-state index contributed by atoms with van der Waals surface area (Å²) >= 11 is 0. The van der Waals surface area contributed by atoms with E-state index in [-0.39, 0.29) is 11.6 Å². The number of nitrogens with zero attached hydrogens (tertiary/aromatic N) is 5. The highest BCUT2D eigenvalue weighted by molar-refractivity contribution is 6.04. The second kappa shape index (κ2) is 6.07. The van der Waals surface area contributed by atoms with Gasteiger partial charge in [0.2, 0.25) is 0 Å². The van der Waals surface area contributed by atoms with Gasteiger partial charge in [-0.15, -0.1) is 5.10 Å². The van der Waals surface area contributed by atoms with E-state index in [4.69, 9.17) is 4.52 Å². The van der Waals surface area contributed by atoms with E-state index in [0.29, 0.717) is 22.8 Å². The van der Waals surface area contributed by atoms with Gasteiger partial charge in [-0.3, -0.25) is 9.78 Å². The Morgan fingerprint density at radius 3 is 2.73 bits per heavy atom. The van der Waals surface area contributed by atoms with Gasteiger partial charge in [0.15, 0.2) is 11.5 Å². The highest BCUT2D eigenvalue weighted by atomic mass is 16.5. The van der Waals surface area contributed by atoms with Gasteiger partial charge < -0.3 is 9.84 Å². The molecule has 4 aromatic rings. The van der Waals surface area contributed by atoms with Crippen LogP contribution < -0.4 is 5.32 Å². The van der Waals surface area contributed by atoms with Crippen molar-refractivity contribution in [3.63, 3.8) is 0 Å². The normalized spacial score (nSPS) is 11.0. The van der Waals surface area contributed by atoms with Crippen LogP contribution in [0.5, 0.6) is 0 Å². The molecule has 1 N–H and O–H groups in total. The molecule has 1 amide bonds. The molecule has 0 spiro atoms. The number of pyridine rings is 1. The summed E-state index contributed by atoms with van der Waals surface area (Å²) in [5, 5.41) is 15.8. The standard InChI is InChI=1S/C18H16N6O2/c1-10-15(12(3)26-22-10)20-18(25)16-11(2)24(23-21-16)14-8-4-6-13-7-5-9-19-17(13)14/h4-9H,1-3H3,(H,20,25). The van der Waals surface area contributed by atoms with E-state index in [1.54, 1.807) is 31.6 Å². The van der Waals surface area contributed by atoms with Crippen molar-refractivity contribution in [2.24, 2.45) is 0 Å². The SMILES string of the molecule is Cc1noc(C)c1NC(=O)c1nnn(-c2cccc3cccnc23)c1C. The number of aromatic nitrogens is 5. The van der Waals surface area contributed by atoms with E-state index >= 15 is 0 Å². The molecule has 8 nitrogen and oxygen atoms in total. The van der Waals surface area contributed by atoms with Crippen molar-refractivity contribution in [2.45, 2.75) is 20.8 Å². The summed E-state index contributed by atoms with van der Waals surface area (Å²) in [4.78, 5) is 17.1. The fourth-order valence-corrected chi connectivity index (χ4v) is 2.86. The van der Waals surface area contributed by atoms with Crippen molar-refractivity contribution in [1.29, 1.82) is 0 Å². The van der Waals surface area contributed by atoms with Gasteiger partial charge >= 0.3 is 0 Å². The predicted molar refractivity (Wildman–Crippen MR) is 95.3 cm³/mol. The summed E-state index contributed by atoms with van der Waals surface area (Å²) < 4.78 is 6.69.